The number of aromatic nitrogens is 4. The second-order valence-corrected chi connectivity index (χ2v) is 11.0. The molecule has 0 bridgehead atoms. The highest BCUT2D eigenvalue weighted by molar-refractivity contribution is 6.60. The van der Waals surface area contributed by atoms with Gasteiger partial charge in [0.2, 0.25) is 11.8 Å². The maximum absolute atomic E-state index is 13.4. The van der Waals surface area contributed by atoms with Gasteiger partial charge in [0.1, 0.15) is 5.69 Å². The van der Waals surface area contributed by atoms with Gasteiger partial charge in [0.15, 0.2) is 17.3 Å². The van der Waals surface area contributed by atoms with E-state index in [0.717, 1.165) is 12.8 Å². The van der Waals surface area contributed by atoms with Gasteiger partial charge in [0, 0.05) is 57.7 Å². The third-order valence-corrected chi connectivity index (χ3v) is 7.41. The molecule has 2 fully saturated rings. The number of hydrogen-bond donors (Lipinski definition) is 3. The Kier molecular flexibility index (Phi) is 8.89. The number of ether oxygens (including phenoxy) is 1. The maximum Gasteiger partial charge on any atom is 0.272 e. The van der Waals surface area contributed by atoms with E-state index in [1.54, 1.807) is 41.1 Å². The number of anilines is 3. The highest BCUT2D eigenvalue weighted by Gasteiger charge is 2.31. The van der Waals surface area contributed by atoms with Crippen molar-refractivity contribution in [2.75, 3.05) is 43.9 Å². The number of carbonyl (C=O) groups is 4. The first-order valence-corrected chi connectivity index (χ1v) is 14.3. The van der Waals surface area contributed by atoms with E-state index >= 15 is 0 Å². The summed E-state index contributed by atoms with van der Waals surface area (Å²) in [5.41, 5.74) is 1.74. The summed E-state index contributed by atoms with van der Waals surface area (Å²) in [6.07, 6.45) is 1.58. The number of carbonyl (C=O) groups excluding carboxylic acids is 4. The van der Waals surface area contributed by atoms with Gasteiger partial charge in [-0.1, -0.05) is 11.3 Å². The molecule has 0 unspecified atom stereocenters. The SMILES string of the molecule is [B]C([B])([B])NC(=O)c1nnc(NC(=O)C2CC2)cc1Nc1cccc(-c2cc(C(=O)N3CCN(C(C)=O)CC3)n(C)n2)c1OC. The lowest BCUT2D eigenvalue weighted by Crippen LogP contribution is -2.50. The van der Waals surface area contributed by atoms with E-state index in [-0.39, 0.29) is 40.8 Å². The molecule has 226 valence electrons. The van der Waals surface area contributed by atoms with Crippen molar-refractivity contribution in [2.45, 2.75) is 25.0 Å². The summed E-state index contributed by atoms with van der Waals surface area (Å²) in [6, 6.07) is 8.34. The molecule has 0 atom stereocenters. The number of nitrogens with zero attached hydrogens (tertiary/aromatic N) is 6. The average Bonchev–Trinajstić information content (AvgIpc) is 3.77. The third kappa shape index (κ3) is 7.29. The van der Waals surface area contributed by atoms with Crippen LogP contribution in [0.4, 0.5) is 17.2 Å². The Morgan fingerprint density at radius 2 is 1.67 bits per heavy atom. The average molecular weight is 605 g/mol. The predicted octanol–water partition coefficient (Wildman–Crippen LogP) is 0.129. The predicted molar refractivity (Wildman–Crippen MR) is 167 cm³/mol. The van der Waals surface area contributed by atoms with Crippen LogP contribution >= 0.6 is 0 Å². The van der Waals surface area contributed by atoms with Crippen molar-refractivity contribution in [1.82, 2.24) is 35.1 Å². The molecule has 1 aliphatic carbocycles. The minimum absolute atomic E-state index is 0.0220. The lowest BCUT2D eigenvalue weighted by Gasteiger charge is -2.34. The summed E-state index contributed by atoms with van der Waals surface area (Å²) in [4.78, 5) is 53.8. The minimum atomic E-state index is -2.03. The molecule has 0 spiro atoms. The smallest absolute Gasteiger partial charge is 0.272 e. The van der Waals surface area contributed by atoms with Gasteiger partial charge in [-0.25, -0.2) is 0 Å². The monoisotopic (exact) mass is 605 g/mol. The van der Waals surface area contributed by atoms with E-state index in [4.69, 9.17) is 28.3 Å². The van der Waals surface area contributed by atoms with Gasteiger partial charge in [-0.15, -0.1) is 10.2 Å². The van der Waals surface area contributed by atoms with Crippen LogP contribution in [0.2, 0.25) is 0 Å². The van der Waals surface area contributed by atoms with Crippen molar-refractivity contribution in [3.63, 3.8) is 0 Å². The zero-order valence-corrected chi connectivity index (χ0v) is 25.2. The van der Waals surface area contributed by atoms with Crippen LogP contribution in [0.15, 0.2) is 30.3 Å². The molecule has 17 heteroatoms. The van der Waals surface area contributed by atoms with Gasteiger partial charge >= 0.3 is 0 Å². The van der Waals surface area contributed by atoms with E-state index in [1.165, 1.54) is 24.8 Å². The molecule has 3 N–H and O–H groups in total. The standard InChI is InChI=1S/C28H30B3N9O5/c1-15(41)39-9-11-40(12-10-39)27(44)21-13-19(37-38(21)2)17-5-4-6-18(24(17)45-3)32-20-14-22(33-25(42)16-7-8-16)35-36-23(20)26(43)34-28(29,30)31/h4-6,13-14,16H,7-12H2,1-3H3,(H,34,43)(H2,32,33,35,42). The number of aryl methyl sites for hydroxylation is 1. The van der Waals surface area contributed by atoms with Gasteiger partial charge in [-0.05, 0) is 31.0 Å². The van der Waals surface area contributed by atoms with Crippen LogP contribution in [0, 0.1) is 5.92 Å². The second-order valence-electron chi connectivity index (χ2n) is 11.0. The topological polar surface area (TPSA) is 164 Å². The van der Waals surface area contributed by atoms with Gasteiger partial charge in [-0.3, -0.25) is 23.9 Å². The zero-order valence-electron chi connectivity index (χ0n) is 25.2. The van der Waals surface area contributed by atoms with E-state index in [1.807, 2.05) is 0 Å². The normalized spacial score (nSPS) is 14.9. The van der Waals surface area contributed by atoms with Gasteiger partial charge < -0.3 is 30.5 Å². The molecule has 2 aromatic heterocycles. The number of para-hydroxylation sites is 1. The van der Waals surface area contributed by atoms with Gasteiger partial charge in [-0.2, -0.15) is 5.10 Å². The molecule has 14 nitrogen and oxygen atoms in total. The number of nitrogens with one attached hydrogen (secondary N) is 3. The van der Waals surface area contributed by atoms with Crippen molar-refractivity contribution in [3.05, 3.63) is 41.7 Å². The molecule has 1 saturated carbocycles. The van der Waals surface area contributed by atoms with Crippen LogP contribution < -0.4 is 20.7 Å². The fraction of sp³-hybridized carbons (Fsp3) is 0.393. The second kappa shape index (κ2) is 12.7. The van der Waals surface area contributed by atoms with E-state index in [9.17, 15) is 19.2 Å². The third-order valence-electron chi connectivity index (χ3n) is 7.41. The lowest BCUT2D eigenvalue weighted by molar-refractivity contribution is -0.130. The Labute approximate surface area is 263 Å². The summed E-state index contributed by atoms with van der Waals surface area (Å²) >= 11 is 0. The van der Waals surface area contributed by atoms with Crippen molar-refractivity contribution < 1.29 is 23.9 Å². The highest BCUT2D eigenvalue weighted by atomic mass is 16.5. The molecule has 3 aromatic rings. The van der Waals surface area contributed by atoms with Crippen LogP contribution in [-0.2, 0) is 16.6 Å². The zero-order chi connectivity index (χ0) is 32.5. The number of piperazine rings is 1. The highest BCUT2D eigenvalue weighted by Crippen LogP contribution is 2.38. The Morgan fingerprint density at radius 3 is 2.29 bits per heavy atom. The molecule has 3 heterocycles. The number of methoxy groups -OCH3 is 1. The minimum Gasteiger partial charge on any atom is -0.494 e. The molecule has 1 aromatic carbocycles. The number of amides is 4. The molecule has 1 saturated heterocycles. The Balaban J connectivity index is 1.44. The fourth-order valence-corrected chi connectivity index (χ4v) is 4.93. The van der Waals surface area contributed by atoms with E-state index in [2.05, 4.69) is 31.2 Å². The largest absolute Gasteiger partial charge is 0.494 e. The lowest BCUT2D eigenvalue weighted by atomic mass is 9.49. The van der Waals surface area contributed by atoms with Crippen LogP contribution in [0.3, 0.4) is 0 Å². The maximum atomic E-state index is 13.4. The van der Waals surface area contributed by atoms with Crippen molar-refractivity contribution >= 4 is 64.4 Å². The first-order chi connectivity index (χ1) is 21.3. The summed E-state index contributed by atoms with van der Waals surface area (Å²) in [6.45, 7) is 3.27. The number of hydrogen-bond acceptors (Lipinski definition) is 9. The fourth-order valence-electron chi connectivity index (χ4n) is 4.93. The molecule has 6 radical (unpaired) electrons. The Morgan fingerprint density at radius 1 is 0.978 bits per heavy atom. The van der Waals surface area contributed by atoms with Crippen molar-refractivity contribution in [1.29, 1.82) is 0 Å². The van der Waals surface area contributed by atoms with Crippen LogP contribution in [0.1, 0.15) is 40.7 Å². The summed E-state index contributed by atoms with van der Waals surface area (Å²) in [7, 11) is 19.9. The van der Waals surface area contributed by atoms with E-state index < -0.39 is 11.1 Å². The molecule has 1 aliphatic heterocycles. The Bertz CT molecular complexity index is 1650. The Hall–Kier alpha value is -4.82. The van der Waals surface area contributed by atoms with Gasteiger partial charge in [0.05, 0.1) is 47.7 Å². The van der Waals surface area contributed by atoms with Crippen molar-refractivity contribution in [2.24, 2.45) is 13.0 Å². The first-order valence-electron chi connectivity index (χ1n) is 14.3. The molecule has 5 rings (SSSR count). The molecule has 2 aliphatic rings. The molecular weight excluding hydrogens is 575 g/mol. The number of benzene rings is 1. The van der Waals surface area contributed by atoms with Crippen molar-refractivity contribution in [3.8, 4) is 17.0 Å². The summed E-state index contributed by atoms with van der Waals surface area (Å²) < 4.78 is 7.27. The van der Waals surface area contributed by atoms with Crippen LogP contribution in [0.5, 0.6) is 5.75 Å². The van der Waals surface area contributed by atoms with E-state index in [0.29, 0.717) is 54.6 Å². The summed E-state index contributed by atoms with van der Waals surface area (Å²) in [5, 5.41) is 18.6. The molecule has 4 amide bonds. The van der Waals surface area contributed by atoms with Crippen LogP contribution in [0.25, 0.3) is 11.3 Å². The quantitative estimate of drug-likeness (QED) is 0.288. The molecular formula is C28H30B3N9O5. The molecule has 45 heavy (non-hydrogen) atoms. The number of rotatable bonds is 9. The van der Waals surface area contributed by atoms with Crippen LogP contribution in [-0.4, -0.2) is 115 Å². The van der Waals surface area contributed by atoms with Gasteiger partial charge in [0.25, 0.3) is 11.8 Å². The first kappa shape index (κ1) is 31.6. The summed E-state index contributed by atoms with van der Waals surface area (Å²) in [5.74, 6) is -0.854.